The number of amides is 1. The van der Waals surface area contributed by atoms with Gasteiger partial charge in [0.05, 0.1) is 4.90 Å². The molecular formula is C16H24N2O3S. The molecule has 2 rings (SSSR count). The van der Waals surface area contributed by atoms with Gasteiger partial charge in [-0.25, -0.2) is 12.7 Å². The number of piperidine rings is 1. The molecule has 1 saturated heterocycles. The first-order valence-corrected chi connectivity index (χ1v) is 9.01. The molecule has 0 spiro atoms. The molecule has 0 aliphatic carbocycles. The van der Waals surface area contributed by atoms with Crippen LogP contribution in [0.5, 0.6) is 0 Å². The molecule has 1 heterocycles. The average Bonchev–Trinajstić information content (AvgIpc) is 2.46. The Bertz CT molecular complexity index is 638. The van der Waals surface area contributed by atoms with Crippen molar-refractivity contribution in [1.29, 1.82) is 0 Å². The van der Waals surface area contributed by atoms with Crippen LogP contribution in [0.3, 0.4) is 0 Å². The lowest BCUT2D eigenvalue weighted by Gasteiger charge is -2.36. The first kappa shape index (κ1) is 17.0. The second kappa shape index (κ2) is 6.38. The number of likely N-dealkylation sites (tertiary alicyclic amines) is 1. The summed E-state index contributed by atoms with van der Waals surface area (Å²) in [4.78, 5) is 14.7. The van der Waals surface area contributed by atoms with Crippen molar-refractivity contribution in [3.05, 3.63) is 29.8 Å². The molecule has 0 radical (unpaired) electrons. The van der Waals surface area contributed by atoms with Crippen LogP contribution in [-0.4, -0.2) is 50.2 Å². The van der Waals surface area contributed by atoms with Crippen molar-refractivity contribution in [2.24, 2.45) is 5.92 Å². The highest BCUT2D eigenvalue weighted by molar-refractivity contribution is 7.89. The second-order valence-electron chi connectivity index (χ2n) is 6.29. The third-order valence-electron chi connectivity index (χ3n) is 4.28. The number of nitrogens with zero attached hydrogens (tertiary/aromatic N) is 2. The van der Waals surface area contributed by atoms with E-state index in [-0.39, 0.29) is 16.8 Å². The van der Waals surface area contributed by atoms with Gasteiger partial charge in [0.1, 0.15) is 0 Å². The lowest BCUT2D eigenvalue weighted by atomic mass is 9.93. The second-order valence-corrected chi connectivity index (χ2v) is 8.44. The molecule has 1 aliphatic rings. The van der Waals surface area contributed by atoms with Crippen LogP contribution < -0.4 is 0 Å². The predicted octanol–water partition coefficient (Wildman–Crippen LogP) is 2.20. The summed E-state index contributed by atoms with van der Waals surface area (Å²) in [6.07, 6.45) is 2.03. The van der Waals surface area contributed by atoms with E-state index >= 15 is 0 Å². The standard InChI is InChI=1S/C16H24N2O3S/c1-12-9-10-18(13(2)11-12)16(19)14-5-7-15(8-6-14)22(20,21)17(3)4/h5-8,12-13H,9-11H2,1-4H3/t12-,13+/m1/s1. The summed E-state index contributed by atoms with van der Waals surface area (Å²) in [7, 11) is -0.472. The molecular weight excluding hydrogens is 300 g/mol. The van der Waals surface area contributed by atoms with Crippen molar-refractivity contribution in [1.82, 2.24) is 9.21 Å². The molecule has 2 atom stereocenters. The Morgan fingerprint density at radius 3 is 2.27 bits per heavy atom. The summed E-state index contributed by atoms with van der Waals surface area (Å²) in [6, 6.07) is 6.42. The average molecular weight is 324 g/mol. The number of carbonyl (C=O) groups excluding carboxylic acids is 1. The minimum atomic E-state index is -3.45. The molecule has 1 aromatic rings. The molecule has 1 fully saturated rings. The van der Waals surface area contributed by atoms with Crippen molar-refractivity contribution < 1.29 is 13.2 Å². The first-order valence-electron chi connectivity index (χ1n) is 7.57. The molecule has 1 aliphatic heterocycles. The van der Waals surface area contributed by atoms with Gasteiger partial charge in [0.15, 0.2) is 0 Å². The van der Waals surface area contributed by atoms with Crippen LogP contribution in [0.25, 0.3) is 0 Å². The fraction of sp³-hybridized carbons (Fsp3) is 0.562. The van der Waals surface area contributed by atoms with E-state index in [4.69, 9.17) is 0 Å². The van der Waals surface area contributed by atoms with E-state index in [1.165, 1.54) is 26.2 Å². The summed E-state index contributed by atoms with van der Waals surface area (Å²) in [5.74, 6) is 0.625. The molecule has 1 amide bonds. The Balaban J connectivity index is 2.19. The third kappa shape index (κ3) is 3.33. The fourth-order valence-electron chi connectivity index (χ4n) is 2.86. The lowest BCUT2D eigenvalue weighted by molar-refractivity contribution is 0.0588. The highest BCUT2D eigenvalue weighted by Gasteiger charge is 2.27. The minimum Gasteiger partial charge on any atom is -0.336 e. The fourth-order valence-corrected chi connectivity index (χ4v) is 3.76. The van der Waals surface area contributed by atoms with Gasteiger partial charge in [0.2, 0.25) is 10.0 Å². The zero-order chi connectivity index (χ0) is 16.5. The highest BCUT2D eigenvalue weighted by atomic mass is 32.2. The zero-order valence-corrected chi connectivity index (χ0v) is 14.4. The van der Waals surface area contributed by atoms with Crippen molar-refractivity contribution >= 4 is 15.9 Å². The normalized spacial score (nSPS) is 22.9. The number of benzene rings is 1. The number of hydrogen-bond acceptors (Lipinski definition) is 3. The van der Waals surface area contributed by atoms with Crippen LogP contribution >= 0.6 is 0 Å². The summed E-state index contributed by atoms with van der Waals surface area (Å²) in [6.45, 7) is 5.04. The number of hydrogen-bond donors (Lipinski definition) is 0. The topological polar surface area (TPSA) is 57.7 Å². The van der Waals surface area contributed by atoms with E-state index in [0.29, 0.717) is 11.5 Å². The van der Waals surface area contributed by atoms with E-state index in [9.17, 15) is 13.2 Å². The van der Waals surface area contributed by atoms with Crippen molar-refractivity contribution in [2.75, 3.05) is 20.6 Å². The van der Waals surface area contributed by atoms with Crippen LogP contribution in [0.1, 0.15) is 37.0 Å². The van der Waals surface area contributed by atoms with E-state index in [2.05, 4.69) is 13.8 Å². The molecule has 0 aromatic heterocycles. The number of sulfonamides is 1. The molecule has 6 heteroatoms. The van der Waals surface area contributed by atoms with E-state index in [1.807, 2.05) is 4.90 Å². The smallest absolute Gasteiger partial charge is 0.254 e. The maximum Gasteiger partial charge on any atom is 0.254 e. The van der Waals surface area contributed by atoms with Crippen molar-refractivity contribution in [2.45, 2.75) is 37.6 Å². The Kier molecular flexibility index (Phi) is 4.92. The van der Waals surface area contributed by atoms with E-state index in [1.54, 1.807) is 12.1 Å². The molecule has 5 nitrogen and oxygen atoms in total. The Morgan fingerprint density at radius 1 is 1.18 bits per heavy atom. The predicted molar refractivity (Wildman–Crippen MR) is 86.2 cm³/mol. The Morgan fingerprint density at radius 2 is 1.77 bits per heavy atom. The van der Waals surface area contributed by atoms with Crippen LogP contribution in [0.15, 0.2) is 29.2 Å². The van der Waals surface area contributed by atoms with Crippen molar-refractivity contribution in [3.8, 4) is 0 Å². The summed E-state index contributed by atoms with van der Waals surface area (Å²) < 4.78 is 25.2. The van der Waals surface area contributed by atoms with Crippen LogP contribution in [0.2, 0.25) is 0 Å². The largest absolute Gasteiger partial charge is 0.336 e. The van der Waals surface area contributed by atoms with Gasteiger partial charge in [0, 0.05) is 32.2 Å². The third-order valence-corrected chi connectivity index (χ3v) is 6.11. The first-order chi connectivity index (χ1) is 10.2. The maximum atomic E-state index is 12.6. The zero-order valence-electron chi connectivity index (χ0n) is 13.6. The number of rotatable bonds is 3. The molecule has 122 valence electrons. The van der Waals surface area contributed by atoms with Gasteiger partial charge >= 0.3 is 0 Å². The van der Waals surface area contributed by atoms with Crippen molar-refractivity contribution in [3.63, 3.8) is 0 Å². The molecule has 0 bridgehead atoms. The monoisotopic (exact) mass is 324 g/mol. The summed E-state index contributed by atoms with van der Waals surface area (Å²) in [5, 5.41) is 0. The SMILES string of the molecule is C[C@@H]1CCN(C(=O)c2ccc(S(=O)(=O)N(C)C)cc2)[C@@H](C)C1. The van der Waals surface area contributed by atoms with E-state index < -0.39 is 10.0 Å². The maximum absolute atomic E-state index is 12.6. The van der Waals surface area contributed by atoms with Crippen LogP contribution in [0.4, 0.5) is 0 Å². The quantitative estimate of drug-likeness (QED) is 0.856. The summed E-state index contributed by atoms with van der Waals surface area (Å²) in [5.41, 5.74) is 0.541. The summed E-state index contributed by atoms with van der Waals surface area (Å²) >= 11 is 0. The van der Waals surface area contributed by atoms with E-state index in [0.717, 1.165) is 23.7 Å². The lowest BCUT2D eigenvalue weighted by Crippen LogP contribution is -2.44. The molecule has 1 aromatic carbocycles. The van der Waals surface area contributed by atoms with Crippen LogP contribution in [-0.2, 0) is 10.0 Å². The molecule has 0 N–H and O–H groups in total. The van der Waals surface area contributed by atoms with Gasteiger partial charge in [-0.05, 0) is 49.9 Å². The molecule has 0 saturated carbocycles. The van der Waals surface area contributed by atoms with Gasteiger partial charge in [0.25, 0.3) is 5.91 Å². The molecule has 22 heavy (non-hydrogen) atoms. The van der Waals surface area contributed by atoms with Crippen LogP contribution in [0, 0.1) is 5.92 Å². The van der Waals surface area contributed by atoms with Gasteiger partial charge in [-0.15, -0.1) is 0 Å². The Hall–Kier alpha value is -1.40. The van der Waals surface area contributed by atoms with Gasteiger partial charge in [-0.1, -0.05) is 6.92 Å². The van der Waals surface area contributed by atoms with Gasteiger partial charge in [-0.3, -0.25) is 4.79 Å². The highest BCUT2D eigenvalue weighted by Crippen LogP contribution is 2.24. The minimum absolute atomic E-state index is 0.0202. The number of carbonyl (C=O) groups is 1. The van der Waals surface area contributed by atoms with Gasteiger partial charge in [-0.2, -0.15) is 0 Å². The Labute approximate surface area is 133 Å². The molecule has 0 unspecified atom stereocenters. The van der Waals surface area contributed by atoms with Gasteiger partial charge < -0.3 is 4.90 Å².